The van der Waals surface area contributed by atoms with Crippen LogP contribution in [0, 0.1) is 5.92 Å². The number of hydrogen-bond acceptors (Lipinski definition) is 2. The lowest BCUT2D eigenvalue weighted by atomic mass is 9.95. The van der Waals surface area contributed by atoms with Gasteiger partial charge in [-0.05, 0) is 37.4 Å². The SMILES string of the molecule is CC(C)CNCc1cccn1CC(=O)NC1CCCCC1. The number of hydrogen-bond donors (Lipinski definition) is 2. The van der Waals surface area contributed by atoms with Crippen molar-refractivity contribution in [3.05, 3.63) is 24.0 Å². The lowest BCUT2D eigenvalue weighted by Gasteiger charge is -2.23. The molecule has 4 heteroatoms. The zero-order chi connectivity index (χ0) is 15.1. The van der Waals surface area contributed by atoms with Crippen LogP contribution in [0.1, 0.15) is 51.6 Å². The van der Waals surface area contributed by atoms with E-state index in [1.807, 2.05) is 16.8 Å². The Morgan fingerprint density at radius 2 is 2.10 bits per heavy atom. The molecule has 1 saturated carbocycles. The van der Waals surface area contributed by atoms with Gasteiger partial charge in [-0.25, -0.2) is 0 Å². The van der Waals surface area contributed by atoms with Crippen molar-refractivity contribution in [3.63, 3.8) is 0 Å². The quantitative estimate of drug-likeness (QED) is 0.811. The highest BCUT2D eigenvalue weighted by atomic mass is 16.2. The minimum absolute atomic E-state index is 0.142. The van der Waals surface area contributed by atoms with Crippen LogP contribution >= 0.6 is 0 Å². The molecular weight excluding hydrogens is 262 g/mol. The van der Waals surface area contributed by atoms with Gasteiger partial charge in [-0.15, -0.1) is 0 Å². The second-order valence-corrected chi connectivity index (χ2v) is 6.55. The first-order valence-corrected chi connectivity index (χ1v) is 8.29. The highest BCUT2D eigenvalue weighted by Gasteiger charge is 2.16. The molecular formula is C17H29N3O. The van der Waals surface area contributed by atoms with Crippen LogP contribution in [0.25, 0.3) is 0 Å². The molecule has 2 N–H and O–H groups in total. The van der Waals surface area contributed by atoms with Crippen LogP contribution in [0.5, 0.6) is 0 Å². The van der Waals surface area contributed by atoms with E-state index in [1.54, 1.807) is 0 Å². The normalized spacial score (nSPS) is 16.3. The van der Waals surface area contributed by atoms with E-state index >= 15 is 0 Å². The van der Waals surface area contributed by atoms with Crippen LogP contribution in [-0.4, -0.2) is 23.1 Å². The van der Waals surface area contributed by atoms with Gasteiger partial charge in [-0.1, -0.05) is 33.1 Å². The molecule has 4 nitrogen and oxygen atoms in total. The van der Waals surface area contributed by atoms with E-state index in [4.69, 9.17) is 0 Å². The molecule has 2 rings (SSSR count). The Kier molecular flexibility index (Phi) is 6.30. The lowest BCUT2D eigenvalue weighted by Crippen LogP contribution is -2.38. The third kappa shape index (κ3) is 5.54. The van der Waals surface area contributed by atoms with Crippen LogP contribution in [-0.2, 0) is 17.9 Å². The van der Waals surface area contributed by atoms with Crippen molar-refractivity contribution >= 4 is 5.91 Å². The zero-order valence-corrected chi connectivity index (χ0v) is 13.4. The molecule has 1 aromatic heterocycles. The van der Waals surface area contributed by atoms with Gasteiger partial charge in [0.25, 0.3) is 0 Å². The summed E-state index contributed by atoms with van der Waals surface area (Å²) < 4.78 is 2.05. The standard InChI is InChI=1S/C17H29N3O/c1-14(2)11-18-12-16-9-6-10-20(16)13-17(21)19-15-7-4-3-5-8-15/h6,9-10,14-15,18H,3-5,7-8,11-13H2,1-2H3,(H,19,21). The van der Waals surface area contributed by atoms with Gasteiger partial charge in [0.15, 0.2) is 0 Å². The number of nitrogens with zero attached hydrogens (tertiary/aromatic N) is 1. The summed E-state index contributed by atoms with van der Waals surface area (Å²) in [5.74, 6) is 0.784. The monoisotopic (exact) mass is 291 g/mol. The summed E-state index contributed by atoms with van der Waals surface area (Å²) in [6, 6.07) is 4.49. The number of carbonyl (C=O) groups is 1. The highest BCUT2D eigenvalue weighted by Crippen LogP contribution is 2.17. The summed E-state index contributed by atoms with van der Waals surface area (Å²) in [6.45, 7) is 6.65. The van der Waals surface area contributed by atoms with Crippen LogP contribution in [0.4, 0.5) is 0 Å². The van der Waals surface area contributed by atoms with Gasteiger partial charge in [-0.3, -0.25) is 4.79 Å². The van der Waals surface area contributed by atoms with Crippen LogP contribution in [0.2, 0.25) is 0 Å². The van der Waals surface area contributed by atoms with E-state index in [0.29, 0.717) is 18.5 Å². The van der Waals surface area contributed by atoms with Crippen molar-refractivity contribution in [1.29, 1.82) is 0 Å². The average Bonchev–Trinajstić information content (AvgIpc) is 2.87. The summed E-state index contributed by atoms with van der Waals surface area (Å²) in [5.41, 5.74) is 1.18. The minimum atomic E-state index is 0.142. The zero-order valence-electron chi connectivity index (χ0n) is 13.4. The first-order valence-electron chi connectivity index (χ1n) is 8.29. The Hall–Kier alpha value is -1.29. The van der Waals surface area contributed by atoms with Gasteiger partial charge < -0.3 is 15.2 Å². The molecule has 0 atom stereocenters. The molecule has 118 valence electrons. The van der Waals surface area contributed by atoms with Crippen molar-refractivity contribution in [2.24, 2.45) is 5.92 Å². The number of carbonyl (C=O) groups excluding carboxylic acids is 1. The topological polar surface area (TPSA) is 46.1 Å². The molecule has 1 fully saturated rings. The Labute approximate surface area is 128 Å². The van der Waals surface area contributed by atoms with Crippen molar-refractivity contribution in [2.45, 2.75) is 65.1 Å². The van der Waals surface area contributed by atoms with Crippen molar-refractivity contribution in [1.82, 2.24) is 15.2 Å². The van der Waals surface area contributed by atoms with E-state index in [9.17, 15) is 4.79 Å². The van der Waals surface area contributed by atoms with E-state index < -0.39 is 0 Å². The number of aromatic nitrogens is 1. The second kappa shape index (κ2) is 8.23. The molecule has 1 aliphatic rings. The summed E-state index contributed by atoms with van der Waals surface area (Å²) in [5, 5.41) is 6.61. The third-order valence-electron chi connectivity index (χ3n) is 4.07. The van der Waals surface area contributed by atoms with E-state index in [1.165, 1.54) is 25.0 Å². The van der Waals surface area contributed by atoms with E-state index in [0.717, 1.165) is 25.9 Å². The molecule has 0 aliphatic heterocycles. The first kappa shape index (κ1) is 16.1. The predicted octanol–water partition coefficient (Wildman–Crippen LogP) is 2.68. The maximum Gasteiger partial charge on any atom is 0.240 e. The van der Waals surface area contributed by atoms with Gasteiger partial charge in [0.05, 0.1) is 0 Å². The summed E-state index contributed by atoms with van der Waals surface area (Å²) >= 11 is 0. The average molecular weight is 291 g/mol. The summed E-state index contributed by atoms with van der Waals surface area (Å²) in [6.07, 6.45) is 8.08. The molecule has 0 spiro atoms. The molecule has 0 bridgehead atoms. The molecule has 21 heavy (non-hydrogen) atoms. The molecule has 1 heterocycles. The molecule has 0 unspecified atom stereocenters. The molecule has 0 saturated heterocycles. The fourth-order valence-corrected chi connectivity index (χ4v) is 2.93. The predicted molar refractivity (Wildman–Crippen MR) is 86.0 cm³/mol. The van der Waals surface area contributed by atoms with Gasteiger partial charge in [0.1, 0.15) is 6.54 Å². The van der Waals surface area contributed by atoms with Crippen molar-refractivity contribution in [2.75, 3.05) is 6.54 Å². The lowest BCUT2D eigenvalue weighted by molar-refractivity contribution is -0.122. The largest absolute Gasteiger partial charge is 0.352 e. The van der Waals surface area contributed by atoms with Gasteiger partial charge in [-0.2, -0.15) is 0 Å². The molecule has 0 radical (unpaired) electrons. The number of amides is 1. The number of rotatable bonds is 7. The van der Waals surface area contributed by atoms with Crippen LogP contribution in [0.15, 0.2) is 18.3 Å². The third-order valence-corrected chi connectivity index (χ3v) is 4.07. The van der Waals surface area contributed by atoms with Crippen LogP contribution in [0.3, 0.4) is 0 Å². The fourth-order valence-electron chi connectivity index (χ4n) is 2.93. The first-order chi connectivity index (χ1) is 10.1. The van der Waals surface area contributed by atoms with Crippen molar-refractivity contribution in [3.8, 4) is 0 Å². The van der Waals surface area contributed by atoms with E-state index in [2.05, 4.69) is 30.5 Å². The molecule has 1 aliphatic carbocycles. The van der Waals surface area contributed by atoms with Gasteiger partial charge in [0.2, 0.25) is 5.91 Å². The number of nitrogens with one attached hydrogen (secondary N) is 2. The maximum atomic E-state index is 12.2. The molecule has 0 aromatic carbocycles. The summed E-state index contributed by atoms with van der Waals surface area (Å²) in [4.78, 5) is 12.2. The fraction of sp³-hybridized carbons (Fsp3) is 0.706. The Balaban J connectivity index is 1.79. The van der Waals surface area contributed by atoms with Crippen LogP contribution < -0.4 is 10.6 Å². The Morgan fingerprint density at radius 3 is 2.81 bits per heavy atom. The minimum Gasteiger partial charge on any atom is -0.352 e. The molecule has 1 amide bonds. The molecule has 1 aromatic rings. The van der Waals surface area contributed by atoms with E-state index in [-0.39, 0.29) is 5.91 Å². The Morgan fingerprint density at radius 1 is 1.33 bits per heavy atom. The van der Waals surface area contributed by atoms with Gasteiger partial charge in [0, 0.05) is 24.5 Å². The summed E-state index contributed by atoms with van der Waals surface area (Å²) in [7, 11) is 0. The second-order valence-electron chi connectivity index (χ2n) is 6.55. The smallest absolute Gasteiger partial charge is 0.240 e. The van der Waals surface area contributed by atoms with Crippen molar-refractivity contribution < 1.29 is 4.79 Å². The Bertz CT molecular complexity index is 433. The van der Waals surface area contributed by atoms with Gasteiger partial charge >= 0.3 is 0 Å². The maximum absolute atomic E-state index is 12.2. The highest BCUT2D eigenvalue weighted by molar-refractivity contribution is 5.76.